The second-order valence-corrected chi connectivity index (χ2v) is 9.76. The molecule has 0 aromatic heterocycles. The van der Waals surface area contributed by atoms with E-state index in [2.05, 4.69) is 5.32 Å². The Kier molecular flexibility index (Phi) is 8.06. The molecule has 1 unspecified atom stereocenters. The van der Waals surface area contributed by atoms with Crippen molar-refractivity contribution in [2.45, 2.75) is 37.2 Å². The number of anilines is 1. The zero-order valence-corrected chi connectivity index (χ0v) is 19.2. The lowest BCUT2D eigenvalue weighted by Crippen LogP contribution is -2.35. The topological polar surface area (TPSA) is 92.8 Å². The number of nitrogens with zero attached hydrogens (tertiary/aromatic N) is 1. The first-order valence-electron chi connectivity index (χ1n) is 10.3. The first-order chi connectivity index (χ1) is 15.3. The van der Waals surface area contributed by atoms with Crippen LogP contribution in [0.5, 0.6) is 0 Å². The van der Waals surface area contributed by atoms with Gasteiger partial charge in [-0.25, -0.2) is 13.2 Å². The van der Waals surface area contributed by atoms with Crippen LogP contribution in [0.3, 0.4) is 0 Å². The molecule has 0 bridgehead atoms. The fourth-order valence-corrected chi connectivity index (χ4v) is 4.95. The van der Waals surface area contributed by atoms with Gasteiger partial charge < -0.3 is 10.1 Å². The number of piperidine rings is 1. The number of esters is 1. The van der Waals surface area contributed by atoms with Crippen LogP contribution in [0.1, 0.15) is 31.7 Å². The lowest BCUT2D eigenvalue weighted by Gasteiger charge is -2.26. The van der Waals surface area contributed by atoms with Gasteiger partial charge in [0.15, 0.2) is 6.10 Å². The van der Waals surface area contributed by atoms with E-state index in [0.29, 0.717) is 13.1 Å². The molecule has 1 saturated heterocycles. The van der Waals surface area contributed by atoms with Crippen molar-refractivity contribution in [3.05, 3.63) is 65.2 Å². The summed E-state index contributed by atoms with van der Waals surface area (Å²) in [5, 5.41) is 2.73. The summed E-state index contributed by atoms with van der Waals surface area (Å²) in [6.45, 7) is 2.36. The maximum atomic E-state index is 12.9. The van der Waals surface area contributed by atoms with E-state index in [1.54, 1.807) is 6.08 Å². The molecule has 7 nitrogen and oxygen atoms in total. The number of rotatable bonds is 7. The van der Waals surface area contributed by atoms with Gasteiger partial charge in [-0.1, -0.05) is 48.4 Å². The number of carbonyl (C=O) groups is 2. The van der Waals surface area contributed by atoms with E-state index in [9.17, 15) is 18.0 Å². The zero-order chi connectivity index (χ0) is 23.1. The predicted octanol–water partition coefficient (Wildman–Crippen LogP) is 4.10. The largest absolute Gasteiger partial charge is 0.449 e. The number of amides is 1. The Balaban J connectivity index is 1.65. The maximum Gasteiger partial charge on any atom is 0.331 e. The van der Waals surface area contributed by atoms with Crippen LogP contribution < -0.4 is 5.32 Å². The van der Waals surface area contributed by atoms with Crippen molar-refractivity contribution in [3.63, 3.8) is 0 Å². The summed E-state index contributed by atoms with van der Waals surface area (Å²) < 4.78 is 32.4. The SMILES string of the molecule is CC(OC(=O)/C=C/c1ccccc1)C(=O)Nc1cc(S(=O)(=O)N2CCCCC2)ccc1Cl. The minimum Gasteiger partial charge on any atom is -0.449 e. The molecule has 0 saturated carbocycles. The van der Waals surface area contributed by atoms with E-state index < -0.39 is 28.0 Å². The summed E-state index contributed by atoms with van der Waals surface area (Å²) in [6, 6.07) is 13.4. The smallest absolute Gasteiger partial charge is 0.331 e. The van der Waals surface area contributed by atoms with Gasteiger partial charge in [0.1, 0.15) is 0 Å². The molecule has 32 heavy (non-hydrogen) atoms. The van der Waals surface area contributed by atoms with Gasteiger partial charge in [0, 0.05) is 19.2 Å². The highest BCUT2D eigenvalue weighted by molar-refractivity contribution is 7.89. The molecule has 2 aromatic rings. The quantitative estimate of drug-likeness (QED) is 0.479. The van der Waals surface area contributed by atoms with E-state index in [-0.39, 0.29) is 15.6 Å². The van der Waals surface area contributed by atoms with Crippen LogP contribution >= 0.6 is 11.6 Å². The molecule has 1 aliphatic heterocycles. The predicted molar refractivity (Wildman–Crippen MR) is 124 cm³/mol. The molecule has 170 valence electrons. The van der Waals surface area contributed by atoms with E-state index in [1.165, 1.54) is 35.5 Å². The van der Waals surface area contributed by atoms with Gasteiger partial charge in [-0.3, -0.25) is 4.79 Å². The molecule has 1 aliphatic rings. The fraction of sp³-hybridized carbons (Fsp3) is 0.304. The minimum atomic E-state index is -3.68. The molecular weight excluding hydrogens is 452 g/mol. The third-order valence-electron chi connectivity index (χ3n) is 5.02. The summed E-state index contributed by atoms with van der Waals surface area (Å²) in [4.78, 5) is 24.6. The molecule has 9 heteroatoms. The molecule has 1 fully saturated rings. The molecular formula is C23H25ClN2O5S. The third-order valence-corrected chi connectivity index (χ3v) is 7.25. The number of benzene rings is 2. The lowest BCUT2D eigenvalue weighted by molar-refractivity contribution is -0.148. The van der Waals surface area contributed by atoms with Crippen LogP contribution in [-0.4, -0.2) is 43.8 Å². The Bertz CT molecular complexity index is 1100. The fourth-order valence-electron chi connectivity index (χ4n) is 3.24. The van der Waals surface area contributed by atoms with Crippen LogP contribution in [0.4, 0.5) is 5.69 Å². The third kappa shape index (κ3) is 6.18. The van der Waals surface area contributed by atoms with Gasteiger partial charge >= 0.3 is 5.97 Å². The number of nitrogens with one attached hydrogen (secondary N) is 1. The molecule has 1 N–H and O–H groups in total. The summed E-state index contributed by atoms with van der Waals surface area (Å²) >= 11 is 6.16. The number of hydrogen-bond acceptors (Lipinski definition) is 5. The van der Waals surface area contributed by atoms with Gasteiger partial charge in [-0.05, 0) is 49.6 Å². The van der Waals surface area contributed by atoms with Crippen molar-refractivity contribution >= 4 is 45.3 Å². The highest BCUT2D eigenvalue weighted by Gasteiger charge is 2.27. The van der Waals surface area contributed by atoms with Crippen LogP contribution in [0.2, 0.25) is 5.02 Å². The van der Waals surface area contributed by atoms with Gasteiger partial charge in [0.05, 0.1) is 15.6 Å². The lowest BCUT2D eigenvalue weighted by atomic mass is 10.2. The Labute approximate surface area is 193 Å². The summed E-state index contributed by atoms with van der Waals surface area (Å²) in [7, 11) is -3.68. The Morgan fingerprint density at radius 3 is 2.47 bits per heavy atom. The number of sulfonamides is 1. The average molecular weight is 477 g/mol. The molecule has 3 rings (SSSR count). The van der Waals surface area contributed by atoms with Crippen LogP contribution in [0.25, 0.3) is 6.08 Å². The summed E-state index contributed by atoms with van der Waals surface area (Å²) in [5.41, 5.74) is 0.956. The van der Waals surface area contributed by atoms with Crippen molar-refractivity contribution in [2.75, 3.05) is 18.4 Å². The van der Waals surface area contributed by atoms with Crippen LogP contribution in [-0.2, 0) is 24.3 Å². The second kappa shape index (κ2) is 10.8. The van der Waals surface area contributed by atoms with Crippen molar-refractivity contribution in [1.82, 2.24) is 4.31 Å². The Morgan fingerprint density at radius 1 is 1.09 bits per heavy atom. The monoisotopic (exact) mass is 476 g/mol. The maximum absolute atomic E-state index is 12.9. The Morgan fingerprint density at radius 2 is 1.78 bits per heavy atom. The van der Waals surface area contributed by atoms with Gasteiger partial charge in [0.25, 0.3) is 5.91 Å². The number of halogens is 1. The molecule has 0 aliphatic carbocycles. The van der Waals surface area contributed by atoms with E-state index in [0.717, 1.165) is 24.8 Å². The van der Waals surface area contributed by atoms with Gasteiger partial charge in [-0.2, -0.15) is 4.31 Å². The van der Waals surface area contributed by atoms with Crippen molar-refractivity contribution in [2.24, 2.45) is 0 Å². The Hall–Kier alpha value is -2.68. The minimum absolute atomic E-state index is 0.0505. The van der Waals surface area contributed by atoms with Gasteiger partial charge in [-0.15, -0.1) is 0 Å². The molecule has 1 heterocycles. The molecule has 0 radical (unpaired) electrons. The highest BCUT2D eigenvalue weighted by Crippen LogP contribution is 2.28. The standard InChI is InChI=1S/C23H25ClN2O5S/c1-17(31-22(27)13-10-18-8-4-2-5-9-18)23(28)25-21-16-19(11-12-20(21)24)32(29,30)26-14-6-3-7-15-26/h2,4-5,8-13,16-17H,3,6-7,14-15H2,1H3,(H,25,28)/b13-10+. The highest BCUT2D eigenvalue weighted by atomic mass is 35.5. The van der Waals surface area contributed by atoms with Crippen molar-refractivity contribution in [3.8, 4) is 0 Å². The van der Waals surface area contributed by atoms with Crippen molar-refractivity contribution < 1.29 is 22.7 Å². The average Bonchev–Trinajstić information content (AvgIpc) is 2.80. The van der Waals surface area contributed by atoms with E-state index in [1.807, 2.05) is 30.3 Å². The molecule has 2 aromatic carbocycles. The van der Waals surface area contributed by atoms with E-state index >= 15 is 0 Å². The molecule has 1 amide bonds. The summed E-state index contributed by atoms with van der Waals surface area (Å²) in [5.74, 6) is -1.30. The van der Waals surface area contributed by atoms with Crippen LogP contribution in [0, 0.1) is 0 Å². The van der Waals surface area contributed by atoms with Gasteiger partial charge in [0.2, 0.25) is 10.0 Å². The number of hydrogen-bond donors (Lipinski definition) is 1. The number of ether oxygens (including phenoxy) is 1. The number of carbonyl (C=O) groups excluding carboxylic acids is 2. The van der Waals surface area contributed by atoms with E-state index in [4.69, 9.17) is 16.3 Å². The van der Waals surface area contributed by atoms with Crippen LogP contribution in [0.15, 0.2) is 59.5 Å². The first kappa shape index (κ1) is 24.0. The summed E-state index contributed by atoms with van der Waals surface area (Å²) in [6.07, 6.45) is 4.35. The van der Waals surface area contributed by atoms with Crippen molar-refractivity contribution in [1.29, 1.82) is 0 Å². The first-order valence-corrected chi connectivity index (χ1v) is 12.1. The molecule has 1 atom stereocenters. The molecule has 0 spiro atoms. The zero-order valence-electron chi connectivity index (χ0n) is 17.7. The second-order valence-electron chi connectivity index (χ2n) is 7.42. The normalized spacial score (nSPS) is 15.9.